The maximum Gasteiger partial charge on any atom is 0.0945 e. The quantitative estimate of drug-likeness (QED) is 0.372. The van der Waals surface area contributed by atoms with Crippen LogP contribution in [0.3, 0.4) is 0 Å². The van der Waals surface area contributed by atoms with E-state index >= 15 is 0 Å². The Labute approximate surface area is 132 Å². The Balaban J connectivity index is 2.17. The summed E-state index contributed by atoms with van der Waals surface area (Å²) < 4.78 is 2.21. The number of nitrogens with zero attached hydrogens (tertiary/aromatic N) is 2. The van der Waals surface area contributed by atoms with Gasteiger partial charge in [-0.2, -0.15) is 0 Å². The number of imidazole rings is 1. The first kappa shape index (κ1) is 18.3. The van der Waals surface area contributed by atoms with Crippen molar-refractivity contribution in [2.24, 2.45) is 5.92 Å². The Bertz CT molecular complexity index is 293. The van der Waals surface area contributed by atoms with Crippen LogP contribution < -0.4 is 0 Å². The summed E-state index contributed by atoms with van der Waals surface area (Å²) in [5.41, 5.74) is 0. The van der Waals surface area contributed by atoms with Crippen molar-refractivity contribution < 1.29 is 0 Å². The molecule has 1 aromatic rings. The highest BCUT2D eigenvalue weighted by atomic mass is 15.0. The first-order chi connectivity index (χ1) is 10.4. The fraction of sp³-hybridized carbons (Fsp3) is 0.842. The van der Waals surface area contributed by atoms with Gasteiger partial charge in [0.15, 0.2) is 0 Å². The van der Waals surface area contributed by atoms with Gasteiger partial charge in [-0.05, 0) is 18.8 Å². The highest BCUT2D eigenvalue weighted by molar-refractivity contribution is 4.74. The topological polar surface area (TPSA) is 17.8 Å². The molecule has 122 valence electrons. The largest absolute Gasteiger partial charge is 0.337 e. The Hall–Kier alpha value is -0.790. The lowest BCUT2D eigenvalue weighted by Crippen LogP contribution is -2.04. The van der Waals surface area contributed by atoms with Crippen molar-refractivity contribution in [1.82, 2.24) is 9.55 Å². The van der Waals surface area contributed by atoms with Gasteiger partial charge in [0.05, 0.1) is 6.33 Å². The van der Waals surface area contributed by atoms with E-state index in [9.17, 15) is 0 Å². The zero-order valence-corrected chi connectivity index (χ0v) is 14.4. The van der Waals surface area contributed by atoms with E-state index in [1.54, 1.807) is 0 Å². The van der Waals surface area contributed by atoms with E-state index in [2.05, 4.69) is 29.6 Å². The first-order valence-corrected chi connectivity index (χ1v) is 9.32. The molecule has 0 aromatic carbocycles. The summed E-state index contributed by atoms with van der Waals surface area (Å²) in [4.78, 5) is 4.12. The Morgan fingerprint density at radius 2 is 1.43 bits per heavy atom. The van der Waals surface area contributed by atoms with Gasteiger partial charge in [-0.15, -0.1) is 0 Å². The molecule has 0 radical (unpaired) electrons. The van der Waals surface area contributed by atoms with Crippen molar-refractivity contribution in [3.63, 3.8) is 0 Å². The maximum absolute atomic E-state index is 4.12. The van der Waals surface area contributed by atoms with Crippen LogP contribution in [0.15, 0.2) is 18.7 Å². The second-order valence-electron chi connectivity index (χ2n) is 6.51. The zero-order valence-electron chi connectivity index (χ0n) is 14.4. The zero-order chi connectivity index (χ0) is 15.2. The van der Waals surface area contributed by atoms with Gasteiger partial charge < -0.3 is 4.57 Å². The van der Waals surface area contributed by atoms with Crippen LogP contribution in [-0.4, -0.2) is 9.55 Å². The average Bonchev–Trinajstić information content (AvgIpc) is 3.00. The van der Waals surface area contributed by atoms with Crippen molar-refractivity contribution in [3.8, 4) is 0 Å². The molecule has 0 saturated heterocycles. The molecular weight excluding hydrogens is 256 g/mol. The third-order valence-electron chi connectivity index (χ3n) is 4.52. The van der Waals surface area contributed by atoms with Gasteiger partial charge in [-0.25, -0.2) is 4.98 Å². The number of hydrogen-bond acceptors (Lipinski definition) is 1. The molecule has 0 aliphatic rings. The third kappa shape index (κ3) is 9.71. The molecule has 21 heavy (non-hydrogen) atoms. The standard InChI is InChI=1S/C19H36N2/c1-3-5-7-9-12-19(13-10-8-6-4-2)14-11-16-21-17-15-20-18-21/h15,17-19H,3-14,16H2,1-2H3. The van der Waals surface area contributed by atoms with E-state index < -0.39 is 0 Å². The maximum atomic E-state index is 4.12. The lowest BCUT2D eigenvalue weighted by molar-refractivity contribution is 0.365. The van der Waals surface area contributed by atoms with Gasteiger partial charge in [0.2, 0.25) is 0 Å². The van der Waals surface area contributed by atoms with E-state index in [0.717, 1.165) is 12.5 Å². The van der Waals surface area contributed by atoms with Crippen LogP contribution >= 0.6 is 0 Å². The van der Waals surface area contributed by atoms with E-state index in [1.165, 1.54) is 77.0 Å². The van der Waals surface area contributed by atoms with Crippen molar-refractivity contribution in [1.29, 1.82) is 0 Å². The molecule has 0 amide bonds. The Morgan fingerprint density at radius 3 is 1.95 bits per heavy atom. The van der Waals surface area contributed by atoms with Crippen LogP contribution in [0.25, 0.3) is 0 Å². The Morgan fingerprint density at radius 1 is 0.810 bits per heavy atom. The van der Waals surface area contributed by atoms with Crippen LogP contribution in [0.1, 0.15) is 90.9 Å². The molecule has 0 atom stereocenters. The predicted octanol–water partition coefficient (Wildman–Crippen LogP) is 6.22. The van der Waals surface area contributed by atoms with Crippen LogP contribution in [-0.2, 0) is 6.54 Å². The second-order valence-corrected chi connectivity index (χ2v) is 6.51. The van der Waals surface area contributed by atoms with Gasteiger partial charge >= 0.3 is 0 Å². The van der Waals surface area contributed by atoms with Crippen LogP contribution in [0.4, 0.5) is 0 Å². The van der Waals surface area contributed by atoms with Crippen LogP contribution in [0, 0.1) is 5.92 Å². The summed E-state index contributed by atoms with van der Waals surface area (Å²) in [7, 11) is 0. The number of unbranched alkanes of at least 4 members (excludes halogenated alkanes) is 6. The van der Waals surface area contributed by atoms with Gasteiger partial charge in [0.25, 0.3) is 0 Å². The molecule has 0 fully saturated rings. The minimum Gasteiger partial charge on any atom is -0.337 e. The predicted molar refractivity (Wildman–Crippen MR) is 92.5 cm³/mol. The summed E-state index contributed by atoms with van der Waals surface area (Å²) in [5, 5.41) is 0. The average molecular weight is 293 g/mol. The smallest absolute Gasteiger partial charge is 0.0945 e. The molecule has 0 saturated carbocycles. The fourth-order valence-electron chi connectivity index (χ4n) is 3.13. The van der Waals surface area contributed by atoms with E-state index in [0.29, 0.717) is 0 Å². The van der Waals surface area contributed by atoms with Gasteiger partial charge in [0.1, 0.15) is 0 Å². The van der Waals surface area contributed by atoms with Crippen molar-refractivity contribution in [3.05, 3.63) is 18.7 Å². The summed E-state index contributed by atoms with van der Waals surface area (Å²) in [6.07, 6.45) is 22.8. The molecule has 0 bridgehead atoms. The third-order valence-corrected chi connectivity index (χ3v) is 4.52. The van der Waals surface area contributed by atoms with Crippen molar-refractivity contribution >= 4 is 0 Å². The van der Waals surface area contributed by atoms with E-state index in [4.69, 9.17) is 0 Å². The molecule has 2 heteroatoms. The monoisotopic (exact) mass is 292 g/mol. The molecule has 1 heterocycles. The molecule has 1 rings (SSSR count). The summed E-state index contributed by atoms with van der Waals surface area (Å²) in [5.74, 6) is 0.960. The van der Waals surface area contributed by atoms with E-state index in [-0.39, 0.29) is 0 Å². The minimum atomic E-state index is 0.960. The second kappa shape index (κ2) is 12.9. The van der Waals surface area contributed by atoms with Crippen molar-refractivity contribution in [2.45, 2.75) is 97.4 Å². The number of aryl methyl sites for hydroxylation is 1. The molecule has 0 aliphatic carbocycles. The fourth-order valence-corrected chi connectivity index (χ4v) is 3.13. The molecular formula is C19H36N2. The van der Waals surface area contributed by atoms with Gasteiger partial charge in [0, 0.05) is 18.9 Å². The highest BCUT2D eigenvalue weighted by Crippen LogP contribution is 2.23. The summed E-state index contributed by atoms with van der Waals surface area (Å²) >= 11 is 0. The van der Waals surface area contributed by atoms with Gasteiger partial charge in [-0.3, -0.25) is 0 Å². The normalized spacial score (nSPS) is 11.4. The highest BCUT2D eigenvalue weighted by Gasteiger charge is 2.08. The molecule has 0 unspecified atom stereocenters. The van der Waals surface area contributed by atoms with Crippen LogP contribution in [0.2, 0.25) is 0 Å². The lowest BCUT2D eigenvalue weighted by atomic mass is 9.90. The van der Waals surface area contributed by atoms with Gasteiger partial charge in [-0.1, -0.05) is 78.1 Å². The molecule has 0 aliphatic heterocycles. The van der Waals surface area contributed by atoms with Crippen molar-refractivity contribution in [2.75, 3.05) is 0 Å². The summed E-state index contributed by atoms with van der Waals surface area (Å²) in [6, 6.07) is 0. The van der Waals surface area contributed by atoms with E-state index in [1.807, 2.05) is 12.5 Å². The molecule has 0 N–H and O–H groups in total. The first-order valence-electron chi connectivity index (χ1n) is 9.32. The SMILES string of the molecule is CCCCCCC(CCCCCC)CCCn1ccnc1. The Kier molecular flexibility index (Phi) is 11.2. The molecule has 0 spiro atoms. The number of hydrogen-bond donors (Lipinski definition) is 0. The van der Waals surface area contributed by atoms with Crippen LogP contribution in [0.5, 0.6) is 0 Å². The summed E-state index contributed by atoms with van der Waals surface area (Å²) in [6.45, 7) is 5.74. The molecule has 1 aromatic heterocycles. The molecule has 2 nitrogen and oxygen atoms in total. The number of rotatable bonds is 14. The lowest BCUT2D eigenvalue weighted by Gasteiger charge is -2.17. The number of aromatic nitrogens is 2. The minimum absolute atomic E-state index is 0.960.